The van der Waals surface area contributed by atoms with Gasteiger partial charge in [0.25, 0.3) is 0 Å². The number of nitrogens with zero attached hydrogens (tertiary/aromatic N) is 3. The summed E-state index contributed by atoms with van der Waals surface area (Å²) in [4.78, 5) is 12.5. The standard InChI is InChI=1S/C25H24N4O2S/c1-17-4-10-20(11-5-17)26-23(30)16-32-25-28-27-24(19-8-14-22(31-3)15-9-19)29(25)21-12-6-18(2)7-13-21/h4-15H,16H2,1-3H3,(H,26,30). The second-order valence-corrected chi connectivity index (χ2v) is 8.35. The Labute approximate surface area is 191 Å². The van der Waals surface area contributed by atoms with Crippen molar-refractivity contribution >= 4 is 23.4 Å². The molecule has 0 saturated carbocycles. The SMILES string of the molecule is COc1ccc(-c2nnc(SCC(=O)Nc3ccc(C)cc3)n2-c2ccc(C)cc2)cc1. The summed E-state index contributed by atoms with van der Waals surface area (Å²) in [7, 11) is 1.64. The van der Waals surface area contributed by atoms with Crippen LogP contribution in [0, 0.1) is 13.8 Å². The molecule has 7 heteroatoms. The van der Waals surface area contributed by atoms with Crippen molar-refractivity contribution < 1.29 is 9.53 Å². The van der Waals surface area contributed by atoms with Crippen molar-refractivity contribution in [1.29, 1.82) is 0 Å². The second-order valence-electron chi connectivity index (χ2n) is 7.41. The van der Waals surface area contributed by atoms with Gasteiger partial charge in [-0.2, -0.15) is 0 Å². The Balaban J connectivity index is 1.59. The maximum atomic E-state index is 12.5. The number of rotatable bonds is 7. The fourth-order valence-corrected chi connectivity index (χ4v) is 3.93. The van der Waals surface area contributed by atoms with Gasteiger partial charge in [-0.15, -0.1) is 10.2 Å². The second kappa shape index (κ2) is 9.70. The molecule has 32 heavy (non-hydrogen) atoms. The van der Waals surface area contributed by atoms with Gasteiger partial charge in [0.15, 0.2) is 11.0 Å². The van der Waals surface area contributed by atoms with Crippen LogP contribution in [0.1, 0.15) is 11.1 Å². The van der Waals surface area contributed by atoms with Gasteiger partial charge in [-0.3, -0.25) is 9.36 Å². The number of nitrogens with one attached hydrogen (secondary N) is 1. The van der Waals surface area contributed by atoms with Crippen LogP contribution < -0.4 is 10.1 Å². The highest BCUT2D eigenvalue weighted by Crippen LogP contribution is 2.29. The van der Waals surface area contributed by atoms with E-state index in [1.807, 2.05) is 91.2 Å². The molecule has 4 aromatic rings. The largest absolute Gasteiger partial charge is 0.497 e. The van der Waals surface area contributed by atoms with Crippen LogP contribution >= 0.6 is 11.8 Å². The monoisotopic (exact) mass is 444 g/mol. The highest BCUT2D eigenvalue weighted by Gasteiger charge is 2.17. The first-order chi connectivity index (χ1) is 15.5. The van der Waals surface area contributed by atoms with E-state index in [1.165, 1.54) is 17.3 Å². The number of hydrogen-bond donors (Lipinski definition) is 1. The molecule has 0 bridgehead atoms. The predicted molar refractivity (Wildman–Crippen MR) is 129 cm³/mol. The van der Waals surface area contributed by atoms with E-state index in [2.05, 4.69) is 15.5 Å². The molecule has 0 aliphatic rings. The molecule has 0 saturated heterocycles. The average molecular weight is 445 g/mol. The highest BCUT2D eigenvalue weighted by atomic mass is 32.2. The van der Waals surface area contributed by atoms with E-state index in [1.54, 1.807) is 7.11 Å². The molecule has 0 aliphatic heterocycles. The van der Waals surface area contributed by atoms with Gasteiger partial charge in [0, 0.05) is 16.9 Å². The lowest BCUT2D eigenvalue weighted by molar-refractivity contribution is -0.113. The van der Waals surface area contributed by atoms with Gasteiger partial charge in [0.05, 0.1) is 12.9 Å². The fraction of sp³-hybridized carbons (Fsp3) is 0.160. The molecule has 0 aliphatic carbocycles. The van der Waals surface area contributed by atoms with Gasteiger partial charge in [0.1, 0.15) is 5.75 Å². The van der Waals surface area contributed by atoms with Crippen LogP contribution in [0.25, 0.3) is 17.1 Å². The molecule has 1 amide bonds. The van der Waals surface area contributed by atoms with Crippen molar-refractivity contribution in [1.82, 2.24) is 14.8 Å². The summed E-state index contributed by atoms with van der Waals surface area (Å²) >= 11 is 1.35. The first kappa shape index (κ1) is 21.6. The van der Waals surface area contributed by atoms with E-state index in [9.17, 15) is 4.79 Å². The summed E-state index contributed by atoms with van der Waals surface area (Å²) in [5.41, 5.74) is 4.94. The molecule has 0 radical (unpaired) electrons. The number of carbonyl (C=O) groups excluding carboxylic acids is 1. The Morgan fingerprint density at radius 3 is 2.16 bits per heavy atom. The molecule has 162 valence electrons. The number of aromatic nitrogens is 3. The van der Waals surface area contributed by atoms with E-state index in [0.717, 1.165) is 28.3 Å². The lowest BCUT2D eigenvalue weighted by atomic mass is 10.2. The minimum absolute atomic E-state index is 0.0942. The summed E-state index contributed by atoms with van der Waals surface area (Å²) in [5.74, 6) is 1.61. The minimum atomic E-state index is -0.0942. The van der Waals surface area contributed by atoms with Crippen molar-refractivity contribution in [3.05, 3.63) is 83.9 Å². The summed E-state index contributed by atoms with van der Waals surface area (Å²) in [6.45, 7) is 4.06. The average Bonchev–Trinajstić information content (AvgIpc) is 3.24. The smallest absolute Gasteiger partial charge is 0.234 e. The van der Waals surface area contributed by atoms with E-state index in [-0.39, 0.29) is 11.7 Å². The molecule has 4 rings (SSSR count). The molecular weight excluding hydrogens is 420 g/mol. The highest BCUT2D eigenvalue weighted by molar-refractivity contribution is 7.99. The Morgan fingerprint density at radius 2 is 1.53 bits per heavy atom. The molecule has 1 N–H and O–H groups in total. The van der Waals surface area contributed by atoms with Crippen LogP contribution in [0.15, 0.2) is 78.0 Å². The van der Waals surface area contributed by atoms with Crippen LogP contribution in [-0.4, -0.2) is 33.5 Å². The number of anilines is 1. The van der Waals surface area contributed by atoms with Gasteiger partial charge in [0.2, 0.25) is 5.91 Å². The topological polar surface area (TPSA) is 69.0 Å². The summed E-state index contributed by atoms with van der Waals surface area (Å²) in [6, 6.07) is 23.6. The van der Waals surface area contributed by atoms with Gasteiger partial charge in [-0.25, -0.2) is 0 Å². The maximum Gasteiger partial charge on any atom is 0.234 e. The van der Waals surface area contributed by atoms with Gasteiger partial charge in [-0.1, -0.05) is 47.2 Å². The zero-order chi connectivity index (χ0) is 22.5. The fourth-order valence-electron chi connectivity index (χ4n) is 3.18. The van der Waals surface area contributed by atoms with E-state index in [0.29, 0.717) is 11.0 Å². The minimum Gasteiger partial charge on any atom is -0.497 e. The first-order valence-corrected chi connectivity index (χ1v) is 11.2. The number of carbonyl (C=O) groups is 1. The number of methoxy groups -OCH3 is 1. The van der Waals surface area contributed by atoms with Crippen LogP contribution in [0.2, 0.25) is 0 Å². The zero-order valence-corrected chi connectivity index (χ0v) is 19.0. The zero-order valence-electron chi connectivity index (χ0n) is 18.2. The van der Waals surface area contributed by atoms with Gasteiger partial charge < -0.3 is 10.1 Å². The number of aryl methyl sites for hydroxylation is 2. The van der Waals surface area contributed by atoms with Gasteiger partial charge >= 0.3 is 0 Å². The van der Waals surface area contributed by atoms with Crippen LogP contribution in [0.5, 0.6) is 5.75 Å². The molecule has 1 aromatic heterocycles. The molecule has 1 heterocycles. The van der Waals surface area contributed by atoms with Gasteiger partial charge in [-0.05, 0) is 62.4 Å². The normalized spacial score (nSPS) is 10.7. The van der Waals surface area contributed by atoms with E-state index in [4.69, 9.17) is 4.74 Å². The van der Waals surface area contributed by atoms with Crippen LogP contribution in [0.3, 0.4) is 0 Å². The molecule has 0 atom stereocenters. The van der Waals surface area contributed by atoms with Crippen molar-refractivity contribution in [2.75, 3.05) is 18.2 Å². The third-order valence-corrected chi connectivity index (χ3v) is 5.87. The van der Waals surface area contributed by atoms with Crippen LogP contribution in [-0.2, 0) is 4.79 Å². The Kier molecular flexibility index (Phi) is 6.56. The number of benzene rings is 3. The Hall–Kier alpha value is -3.58. The quantitative estimate of drug-likeness (QED) is 0.392. The van der Waals surface area contributed by atoms with Crippen molar-refractivity contribution in [2.45, 2.75) is 19.0 Å². The Bertz CT molecular complexity index is 1200. The predicted octanol–water partition coefficient (Wildman–Crippen LogP) is 5.29. The van der Waals surface area contributed by atoms with E-state index < -0.39 is 0 Å². The molecule has 3 aromatic carbocycles. The molecule has 0 fully saturated rings. The third-order valence-electron chi connectivity index (χ3n) is 4.94. The lowest BCUT2D eigenvalue weighted by Gasteiger charge is -2.11. The van der Waals surface area contributed by atoms with Crippen LogP contribution in [0.4, 0.5) is 5.69 Å². The van der Waals surface area contributed by atoms with Crippen molar-refractivity contribution in [2.24, 2.45) is 0 Å². The summed E-state index contributed by atoms with van der Waals surface area (Å²) in [5, 5.41) is 12.4. The molecule has 6 nitrogen and oxygen atoms in total. The van der Waals surface area contributed by atoms with E-state index >= 15 is 0 Å². The molecule has 0 spiro atoms. The number of amides is 1. The molecule has 0 unspecified atom stereocenters. The first-order valence-electron chi connectivity index (χ1n) is 10.2. The number of thioether (sulfide) groups is 1. The summed E-state index contributed by atoms with van der Waals surface area (Å²) < 4.78 is 7.24. The number of hydrogen-bond acceptors (Lipinski definition) is 5. The Morgan fingerprint density at radius 1 is 0.906 bits per heavy atom. The van der Waals surface area contributed by atoms with Crippen molar-refractivity contribution in [3.8, 4) is 22.8 Å². The van der Waals surface area contributed by atoms with Crippen molar-refractivity contribution in [3.63, 3.8) is 0 Å². The molecular formula is C25H24N4O2S. The summed E-state index contributed by atoms with van der Waals surface area (Å²) in [6.07, 6.45) is 0. The lowest BCUT2D eigenvalue weighted by Crippen LogP contribution is -2.14. The number of ether oxygens (including phenoxy) is 1. The maximum absolute atomic E-state index is 12.5. The third kappa shape index (κ3) is 5.00.